The minimum atomic E-state index is -0.972. The molecule has 0 saturated heterocycles. The van der Waals surface area contributed by atoms with Gasteiger partial charge in [0.15, 0.2) is 0 Å². The summed E-state index contributed by atoms with van der Waals surface area (Å²) in [6, 6.07) is 0. The van der Waals surface area contributed by atoms with Crippen molar-refractivity contribution in [1.82, 2.24) is 5.06 Å². The Morgan fingerprint density at radius 3 is 2.38 bits per heavy atom. The van der Waals surface area contributed by atoms with Crippen LogP contribution in [0.1, 0.15) is 26.7 Å². The molecule has 13 heavy (non-hydrogen) atoms. The van der Waals surface area contributed by atoms with Crippen molar-refractivity contribution in [2.24, 2.45) is 11.7 Å². The number of amides is 2. The Morgan fingerprint density at radius 2 is 2.00 bits per heavy atom. The third-order valence-electron chi connectivity index (χ3n) is 1.51. The van der Waals surface area contributed by atoms with E-state index in [9.17, 15) is 9.59 Å². The Kier molecular flexibility index (Phi) is 4.87. The van der Waals surface area contributed by atoms with Crippen LogP contribution in [-0.4, -0.2) is 24.1 Å². The first-order valence-electron chi connectivity index (χ1n) is 4.17. The lowest BCUT2D eigenvalue weighted by molar-refractivity contribution is -0.159. The summed E-state index contributed by atoms with van der Waals surface area (Å²) in [5.74, 6) is 0.207. The number of nitrogens with zero attached hydrogens (tertiary/aromatic N) is 1. The van der Waals surface area contributed by atoms with Gasteiger partial charge in [0.25, 0.3) is 5.91 Å². The average molecular weight is 188 g/mol. The summed E-state index contributed by atoms with van der Waals surface area (Å²) in [7, 11) is 1.37. The molecule has 0 unspecified atom stereocenters. The van der Waals surface area contributed by atoms with Crippen LogP contribution in [0.3, 0.4) is 0 Å². The number of nitrogens with two attached hydrogens (primary N) is 1. The standard InChI is InChI=1S/C8H16N2O3/c1-6(2)4-5-7(11)10(3)13-8(9)12/h6H,4-5H2,1-3H3,(H2,9,12). The summed E-state index contributed by atoms with van der Waals surface area (Å²) in [4.78, 5) is 25.8. The third kappa shape index (κ3) is 5.95. The van der Waals surface area contributed by atoms with E-state index in [0.29, 0.717) is 12.3 Å². The highest BCUT2D eigenvalue weighted by Crippen LogP contribution is 2.05. The van der Waals surface area contributed by atoms with Crippen molar-refractivity contribution in [2.75, 3.05) is 7.05 Å². The van der Waals surface area contributed by atoms with Crippen LogP contribution in [0.15, 0.2) is 0 Å². The van der Waals surface area contributed by atoms with Gasteiger partial charge in [-0.25, -0.2) is 4.79 Å². The molecule has 0 aromatic rings. The van der Waals surface area contributed by atoms with Crippen LogP contribution in [0, 0.1) is 5.92 Å². The van der Waals surface area contributed by atoms with E-state index < -0.39 is 6.09 Å². The van der Waals surface area contributed by atoms with E-state index in [1.165, 1.54) is 7.05 Å². The van der Waals surface area contributed by atoms with Crippen LogP contribution in [0.2, 0.25) is 0 Å². The molecule has 0 aliphatic rings. The predicted octanol–water partition coefficient (Wildman–Crippen LogP) is 0.891. The maximum atomic E-state index is 11.2. The van der Waals surface area contributed by atoms with Crippen molar-refractivity contribution in [3.05, 3.63) is 0 Å². The maximum Gasteiger partial charge on any atom is 0.429 e. The molecule has 0 aliphatic carbocycles. The molecule has 0 fully saturated rings. The first-order chi connectivity index (χ1) is 5.93. The summed E-state index contributed by atoms with van der Waals surface area (Å²) < 4.78 is 0. The van der Waals surface area contributed by atoms with Gasteiger partial charge in [0.05, 0.1) is 0 Å². The van der Waals surface area contributed by atoms with E-state index in [0.717, 1.165) is 11.5 Å². The molecule has 5 heteroatoms. The molecule has 0 saturated carbocycles. The van der Waals surface area contributed by atoms with Crippen LogP contribution >= 0.6 is 0 Å². The van der Waals surface area contributed by atoms with Crippen molar-refractivity contribution in [1.29, 1.82) is 0 Å². The molecular formula is C8H16N2O3. The van der Waals surface area contributed by atoms with E-state index >= 15 is 0 Å². The predicted molar refractivity (Wildman–Crippen MR) is 47.5 cm³/mol. The van der Waals surface area contributed by atoms with Crippen molar-refractivity contribution in [3.8, 4) is 0 Å². The number of hydroxylamine groups is 2. The molecule has 0 atom stereocenters. The van der Waals surface area contributed by atoms with E-state index in [4.69, 9.17) is 5.73 Å². The van der Waals surface area contributed by atoms with Crippen LogP contribution in [0.5, 0.6) is 0 Å². The Bertz CT molecular complexity index is 192. The molecule has 0 spiro atoms. The highest BCUT2D eigenvalue weighted by Gasteiger charge is 2.12. The second-order valence-electron chi connectivity index (χ2n) is 3.23. The highest BCUT2D eigenvalue weighted by atomic mass is 16.7. The molecule has 5 nitrogen and oxygen atoms in total. The quantitative estimate of drug-likeness (QED) is 0.668. The van der Waals surface area contributed by atoms with Gasteiger partial charge in [0.1, 0.15) is 0 Å². The van der Waals surface area contributed by atoms with Crippen LogP contribution in [0.25, 0.3) is 0 Å². The number of hydrogen-bond donors (Lipinski definition) is 1. The maximum absolute atomic E-state index is 11.2. The second kappa shape index (κ2) is 5.40. The van der Waals surface area contributed by atoms with E-state index in [2.05, 4.69) is 4.84 Å². The third-order valence-corrected chi connectivity index (χ3v) is 1.51. The molecule has 0 rings (SSSR count). The Labute approximate surface area is 77.8 Å². The molecule has 0 radical (unpaired) electrons. The van der Waals surface area contributed by atoms with Crippen LogP contribution in [-0.2, 0) is 9.63 Å². The molecule has 0 aromatic heterocycles. The summed E-state index contributed by atoms with van der Waals surface area (Å²) in [5, 5.41) is 0.866. The van der Waals surface area contributed by atoms with E-state index in [1.54, 1.807) is 0 Å². The SMILES string of the molecule is CC(C)CCC(=O)N(C)OC(N)=O. The number of carbonyl (C=O) groups excluding carboxylic acids is 2. The molecule has 0 heterocycles. The van der Waals surface area contributed by atoms with E-state index in [-0.39, 0.29) is 5.91 Å². The highest BCUT2D eigenvalue weighted by molar-refractivity contribution is 5.76. The monoisotopic (exact) mass is 188 g/mol. The van der Waals surface area contributed by atoms with Gasteiger partial charge in [-0.05, 0) is 12.3 Å². The van der Waals surface area contributed by atoms with Gasteiger partial charge in [0.2, 0.25) is 0 Å². The molecule has 2 N–H and O–H groups in total. The van der Waals surface area contributed by atoms with Crippen LogP contribution < -0.4 is 5.73 Å². The minimum absolute atomic E-state index is 0.243. The van der Waals surface area contributed by atoms with Gasteiger partial charge in [-0.3, -0.25) is 4.79 Å². The topological polar surface area (TPSA) is 72.6 Å². The fourth-order valence-electron chi connectivity index (χ4n) is 0.755. The van der Waals surface area contributed by atoms with Gasteiger partial charge < -0.3 is 10.6 Å². The molecule has 0 aromatic carbocycles. The van der Waals surface area contributed by atoms with Crippen molar-refractivity contribution in [3.63, 3.8) is 0 Å². The second-order valence-corrected chi connectivity index (χ2v) is 3.23. The summed E-state index contributed by atoms with van der Waals surface area (Å²) >= 11 is 0. The normalized spacial score (nSPS) is 9.85. The molecular weight excluding hydrogens is 172 g/mol. The van der Waals surface area contributed by atoms with Crippen LogP contribution in [0.4, 0.5) is 4.79 Å². The summed E-state index contributed by atoms with van der Waals surface area (Å²) in [6.07, 6.45) is 0.160. The number of carbonyl (C=O) groups is 2. The number of hydrogen-bond acceptors (Lipinski definition) is 3. The minimum Gasteiger partial charge on any atom is -0.333 e. The summed E-state index contributed by atoms with van der Waals surface area (Å²) in [5.41, 5.74) is 4.73. The Morgan fingerprint density at radius 1 is 1.46 bits per heavy atom. The van der Waals surface area contributed by atoms with Gasteiger partial charge in [0, 0.05) is 13.5 Å². The fourth-order valence-corrected chi connectivity index (χ4v) is 0.755. The molecule has 0 aliphatic heterocycles. The fraction of sp³-hybridized carbons (Fsp3) is 0.750. The number of primary amides is 1. The molecule has 0 bridgehead atoms. The lowest BCUT2D eigenvalue weighted by Crippen LogP contribution is -2.32. The Hall–Kier alpha value is -1.26. The Balaban J connectivity index is 3.76. The zero-order valence-corrected chi connectivity index (χ0v) is 8.24. The van der Waals surface area contributed by atoms with Gasteiger partial charge in [-0.15, -0.1) is 0 Å². The van der Waals surface area contributed by atoms with Crippen molar-refractivity contribution in [2.45, 2.75) is 26.7 Å². The smallest absolute Gasteiger partial charge is 0.333 e. The van der Waals surface area contributed by atoms with Gasteiger partial charge in [-0.2, -0.15) is 5.06 Å². The average Bonchev–Trinajstić information content (AvgIpc) is 1.98. The zero-order chi connectivity index (χ0) is 10.4. The lowest BCUT2D eigenvalue weighted by atomic mass is 10.1. The molecule has 2 amide bonds. The lowest BCUT2D eigenvalue weighted by Gasteiger charge is -2.14. The summed E-state index contributed by atoms with van der Waals surface area (Å²) in [6.45, 7) is 4.03. The first kappa shape index (κ1) is 11.7. The largest absolute Gasteiger partial charge is 0.429 e. The number of rotatable bonds is 3. The van der Waals surface area contributed by atoms with Gasteiger partial charge >= 0.3 is 6.09 Å². The van der Waals surface area contributed by atoms with Crippen molar-refractivity contribution >= 4 is 12.0 Å². The first-order valence-corrected chi connectivity index (χ1v) is 4.17. The van der Waals surface area contributed by atoms with Gasteiger partial charge in [-0.1, -0.05) is 13.8 Å². The van der Waals surface area contributed by atoms with Crippen molar-refractivity contribution < 1.29 is 14.4 Å². The zero-order valence-electron chi connectivity index (χ0n) is 8.24. The van der Waals surface area contributed by atoms with E-state index in [1.807, 2.05) is 13.8 Å². The molecule has 76 valence electrons.